The lowest BCUT2D eigenvalue weighted by Gasteiger charge is -2.48. The zero-order chi connectivity index (χ0) is 40.9. The van der Waals surface area contributed by atoms with Gasteiger partial charge in [0.05, 0.1) is 42.8 Å². The smallest absolute Gasteiger partial charge is 0.262 e. The van der Waals surface area contributed by atoms with Crippen molar-refractivity contribution in [2.45, 2.75) is 51.1 Å². The second kappa shape index (κ2) is 15.3. The fourth-order valence-corrected chi connectivity index (χ4v) is 9.09. The molecule has 0 aliphatic carbocycles. The van der Waals surface area contributed by atoms with Gasteiger partial charge in [0.25, 0.3) is 17.4 Å². The van der Waals surface area contributed by atoms with Gasteiger partial charge in [0.1, 0.15) is 17.5 Å². The SMILES string of the molecule is COc1cc(-c2cn(C)c(=O)c3cnccc23)cc(OC)c1CN(C)C(=O)CCCCN1CC2(CCN(c3ccc4c(c3)C(=O)N(C3CCC(=O)NC3=O)C4=O)C2)C1. The van der Waals surface area contributed by atoms with Crippen LogP contribution in [0.3, 0.4) is 0 Å². The Kier molecular flexibility index (Phi) is 10.3. The van der Waals surface area contributed by atoms with Crippen molar-refractivity contribution in [2.24, 2.45) is 12.5 Å². The standard InChI is InChI=1S/C43H47N7O8/c1-46(22-33-35(57-3)17-26(18-36(33)58-4)32-21-47(2)40(54)31-20-44-14-12-28(31)32)38(52)7-5-6-15-48-23-43(24-48)13-16-49(25-43)27-8-9-29-30(19-27)42(56)50(41(29)55)34-10-11-37(51)45-39(34)53/h8-9,12,14,17-21,34H,5-7,10-11,13,15-16,22-25H2,1-4H3,(H,45,51,53). The van der Waals surface area contributed by atoms with E-state index in [1.807, 2.05) is 24.3 Å². The molecule has 1 atom stereocenters. The van der Waals surface area contributed by atoms with Crippen molar-refractivity contribution in [1.29, 1.82) is 0 Å². The number of amides is 5. The fourth-order valence-electron chi connectivity index (χ4n) is 9.09. The zero-order valence-corrected chi connectivity index (χ0v) is 33.2. The molecule has 1 unspecified atom stereocenters. The molecule has 302 valence electrons. The number of methoxy groups -OCH3 is 2. The average Bonchev–Trinajstić information content (AvgIpc) is 3.76. The Bertz CT molecular complexity index is 2400. The van der Waals surface area contributed by atoms with Crippen molar-refractivity contribution < 1.29 is 33.4 Å². The third-order valence-electron chi connectivity index (χ3n) is 12.2. The van der Waals surface area contributed by atoms with Crippen LogP contribution in [0.25, 0.3) is 21.9 Å². The van der Waals surface area contributed by atoms with Gasteiger partial charge in [-0.05, 0) is 79.6 Å². The largest absolute Gasteiger partial charge is 0.496 e. The van der Waals surface area contributed by atoms with Gasteiger partial charge in [-0.2, -0.15) is 0 Å². The maximum Gasteiger partial charge on any atom is 0.262 e. The molecule has 2 aromatic heterocycles. The van der Waals surface area contributed by atoms with Crippen LogP contribution in [0.15, 0.2) is 59.8 Å². The number of imide groups is 2. The number of fused-ring (bicyclic) bond motifs is 2. The Labute approximate surface area is 335 Å². The molecule has 4 aliphatic heterocycles. The minimum atomic E-state index is -0.984. The molecule has 5 amide bonds. The van der Waals surface area contributed by atoms with Gasteiger partial charge < -0.3 is 28.7 Å². The first-order chi connectivity index (χ1) is 27.9. The van der Waals surface area contributed by atoms with Gasteiger partial charge in [0.15, 0.2) is 0 Å². The number of nitrogens with one attached hydrogen (secondary N) is 1. The van der Waals surface area contributed by atoms with Crippen LogP contribution in [0.4, 0.5) is 5.69 Å². The van der Waals surface area contributed by atoms with Crippen LogP contribution in [0.2, 0.25) is 0 Å². The fraction of sp³-hybridized carbons (Fsp3) is 0.419. The summed E-state index contributed by atoms with van der Waals surface area (Å²) in [5.74, 6) is -0.814. The molecule has 3 saturated heterocycles. The van der Waals surface area contributed by atoms with E-state index in [2.05, 4.69) is 20.1 Å². The third-order valence-corrected chi connectivity index (χ3v) is 12.2. The van der Waals surface area contributed by atoms with Gasteiger partial charge >= 0.3 is 0 Å². The van der Waals surface area contributed by atoms with Crippen LogP contribution in [0.1, 0.15) is 64.8 Å². The number of anilines is 1. The Hall–Kier alpha value is -6.09. The monoisotopic (exact) mass is 789 g/mol. The summed E-state index contributed by atoms with van der Waals surface area (Å²) in [6.07, 6.45) is 8.34. The number of unbranched alkanes of at least 4 members (excludes halogenated alkanes) is 1. The van der Waals surface area contributed by atoms with Crippen molar-refractivity contribution in [1.82, 2.24) is 29.6 Å². The summed E-state index contributed by atoms with van der Waals surface area (Å²) in [7, 11) is 6.68. The van der Waals surface area contributed by atoms with Gasteiger partial charge in [-0.25, -0.2) is 0 Å². The Morgan fingerprint density at radius 2 is 1.67 bits per heavy atom. The molecule has 0 bridgehead atoms. The molecule has 15 heteroatoms. The molecule has 1 N–H and O–H groups in total. The number of likely N-dealkylation sites (tertiary alicyclic amines) is 1. The summed E-state index contributed by atoms with van der Waals surface area (Å²) in [5.41, 5.74) is 3.89. The first kappa shape index (κ1) is 38.8. The molecule has 0 saturated carbocycles. The summed E-state index contributed by atoms with van der Waals surface area (Å²) in [6.45, 7) is 4.82. The number of carbonyl (C=O) groups is 5. The van der Waals surface area contributed by atoms with Gasteiger partial charge in [0, 0.05) is 88.4 Å². The summed E-state index contributed by atoms with van der Waals surface area (Å²) < 4.78 is 13.2. The highest BCUT2D eigenvalue weighted by atomic mass is 16.5. The highest BCUT2D eigenvalue weighted by Crippen LogP contribution is 2.42. The lowest BCUT2D eigenvalue weighted by molar-refractivity contribution is -0.136. The summed E-state index contributed by atoms with van der Waals surface area (Å²) in [5, 5.41) is 3.53. The lowest BCUT2D eigenvalue weighted by atomic mass is 9.79. The minimum absolute atomic E-state index is 0.0333. The van der Waals surface area contributed by atoms with E-state index in [4.69, 9.17) is 9.47 Å². The molecule has 2 aromatic carbocycles. The molecule has 15 nitrogen and oxygen atoms in total. The Morgan fingerprint density at radius 3 is 2.40 bits per heavy atom. The number of aryl methyl sites for hydroxylation is 1. The van der Waals surface area contributed by atoms with Crippen molar-refractivity contribution in [3.8, 4) is 22.6 Å². The maximum absolute atomic E-state index is 13.4. The topological polar surface area (TPSA) is 164 Å². The third kappa shape index (κ3) is 6.97. The molecule has 6 heterocycles. The number of aromatic nitrogens is 2. The number of pyridine rings is 2. The Balaban J connectivity index is 0.820. The van der Waals surface area contributed by atoms with Gasteiger partial charge in [-0.1, -0.05) is 0 Å². The van der Waals surface area contributed by atoms with Crippen LogP contribution < -0.4 is 25.2 Å². The van der Waals surface area contributed by atoms with E-state index >= 15 is 0 Å². The quantitative estimate of drug-likeness (QED) is 0.166. The van der Waals surface area contributed by atoms with E-state index in [-0.39, 0.29) is 35.3 Å². The number of nitrogens with zero attached hydrogens (tertiary/aromatic N) is 6. The predicted octanol–water partition coefficient (Wildman–Crippen LogP) is 3.36. The van der Waals surface area contributed by atoms with Crippen LogP contribution in [0, 0.1) is 5.41 Å². The molecular weight excluding hydrogens is 743 g/mol. The molecule has 0 radical (unpaired) electrons. The second-order valence-corrected chi connectivity index (χ2v) is 16.0. The summed E-state index contributed by atoms with van der Waals surface area (Å²) >= 11 is 0. The highest BCUT2D eigenvalue weighted by molar-refractivity contribution is 6.23. The van der Waals surface area contributed by atoms with E-state index in [1.54, 1.807) is 63.9 Å². The summed E-state index contributed by atoms with van der Waals surface area (Å²) in [6, 6.07) is 9.97. The average molecular weight is 790 g/mol. The van der Waals surface area contributed by atoms with E-state index in [0.29, 0.717) is 35.4 Å². The number of carbonyl (C=O) groups excluding carboxylic acids is 5. The first-order valence-electron chi connectivity index (χ1n) is 19.7. The van der Waals surface area contributed by atoms with Crippen molar-refractivity contribution in [3.63, 3.8) is 0 Å². The van der Waals surface area contributed by atoms with Gasteiger partial charge in [-0.3, -0.25) is 44.0 Å². The van der Waals surface area contributed by atoms with Crippen molar-refractivity contribution in [3.05, 3.63) is 82.0 Å². The van der Waals surface area contributed by atoms with Crippen molar-refractivity contribution >= 4 is 46.0 Å². The van der Waals surface area contributed by atoms with E-state index < -0.39 is 29.7 Å². The molecule has 58 heavy (non-hydrogen) atoms. The van der Waals surface area contributed by atoms with E-state index in [9.17, 15) is 28.8 Å². The number of rotatable bonds is 12. The number of ether oxygens (including phenoxy) is 2. The maximum atomic E-state index is 13.4. The second-order valence-electron chi connectivity index (χ2n) is 16.0. The molecular formula is C43H47N7O8. The molecule has 8 rings (SSSR count). The first-order valence-corrected chi connectivity index (χ1v) is 19.7. The lowest BCUT2D eigenvalue weighted by Crippen LogP contribution is -2.57. The van der Waals surface area contributed by atoms with E-state index in [0.717, 1.165) is 84.7 Å². The molecule has 3 fully saturated rings. The highest BCUT2D eigenvalue weighted by Gasteiger charge is 2.48. The zero-order valence-electron chi connectivity index (χ0n) is 33.2. The molecule has 1 spiro atoms. The van der Waals surface area contributed by atoms with E-state index in [1.165, 1.54) is 4.57 Å². The molecule has 4 aromatic rings. The molecule has 4 aliphatic rings. The van der Waals surface area contributed by atoms with Crippen molar-refractivity contribution in [2.75, 3.05) is 58.9 Å². The van der Waals surface area contributed by atoms with Gasteiger partial charge in [-0.15, -0.1) is 0 Å². The number of benzene rings is 2. The minimum Gasteiger partial charge on any atom is -0.496 e. The number of hydrogen-bond donors (Lipinski definition) is 1. The number of hydrogen-bond acceptors (Lipinski definition) is 11. The van der Waals surface area contributed by atoms with Crippen LogP contribution in [0.5, 0.6) is 11.5 Å². The van der Waals surface area contributed by atoms with Crippen LogP contribution in [-0.2, 0) is 28.0 Å². The van der Waals surface area contributed by atoms with Crippen LogP contribution >= 0.6 is 0 Å². The normalized spacial score (nSPS) is 18.8. The van der Waals surface area contributed by atoms with Crippen LogP contribution in [-0.4, -0.2) is 114 Å². The van der Waals surface area contributed by atoms with Gasteiger partial charge in [0.2, 0.25) is 17.7 Å². The predicted molar refractivity (Wildman–Crippen MR) is 215 cm³/mol. The Morgan fingerprint density at radius 1 is 0.931 bits per heavy atom. The number of piperidine rings is 1. The summed E-state index contributed by atoms with van der Waals surface area (Å²) in [4.78, 5) is 88.2.